The van der Waals surface area contributed by atoms with Crippen molar-refractivity contribution in [3.8, 4) is 5.75 Å². The second-order valence-electron chi connectivity index (χ2n) is 5.00. The van der Waals surface area contributed by atoms with E-state index in [4.69, 9.17) is 4.74 Å². The maximum absolute atomic E-state index is 12.6. The summed E-state index contributed by atoms with van der Waals surface area (Å²) < 4.78 is 7.07. The van der Waals surface area contributed by atoms with Crippen LogP contribution in [-0.4, -0.2) is 44.8 Å². The van der Waals surface area contributed by atoms with Gasteiger partial charge < -0.3 is 14.7 Å². The van der Waals surface area contributed by atoms with Crippen molar-refractivity contribution >= 4 is 11.9 Å². The molecular formula is C15H15N3O4. The molecule has 1 aromatic carbocycles. The average molecular weight is 301 g/mol. The highest BCUT2D eigenvalue weighted by atomic mass is 16.5. The van der Waals surface area contributed by atoms with E-state index in [1.807, 2.05) is 0 Å². The van der Waals surface area contributed by atoms with Crippen molar-refractivity contribution in [3.05, 3.63) is 47.8 Å². The summed E-state index contributed by atoms with van der Waals surface area (Å²) in [5.74, 6) is -1.03. The number of benzene rings is 1. The Balaban J connectivity index is 2.03. The molecule has 7 heteroatoms. The average Bonchev–Trinajstić information content (AvgIpc) is 2.83. The third-order valence-electron chi connectivity index (χ3n) is 3.54. The number of hydrogen-bond donors (Lipinski definition) is 1. The number of carbonyl (C=O) groups excluding carboxylic acids is 1. The zero-order valence-electron chi connectivity index (χ0n) is 12.0. The van der Waals surface area contributed by atoms with Crippen molar-refractivity contribution in [2.75, 3.05) is 13.2 Å². The molecule has 3 rings (SSSR count). The maximum atomic E-state index is 12.6. The fourth-order valence-corrected chi connectivity index (χ4v) is 2.55. The third-order valence-corrected chi connectivity index (χ3v) is 3.54. The molecular weight excluding hydrogens is 286 g/mol. The first kappa shape index (κ1) is 14.1. The van der Waals surface area contributed by atoms with Crippen LogP contribution in [0.2, 0.25) is 0 Å². The number of para-hydroxylation sites is 1. The zero-order valence-corrected chi connectivity index (χ0v) is 12.0. The summed E-state index contributed by atoms with van der Waals surface area (Å²) in [6, 6.07) is 7.35. The Labute approximate surface area is 126 Å². The zero-order chi connectivity index (χ0) is 15.7. The number of aliphatic carboxylic acids is 1. The van der Waals surface area contributed by atoms with Crippen molar-refractivity contribution in [3.63, 3.8) is 0 Å². The van der Waals surface area contributed by atoms with Crippen LogP contribution in [0.4, 0.5) is 0 Å². The number of hydrogen-bond acceptors (Lipinski definition) is 4. The SMILES string of the molecule is Cn1ccc(C(=O)N2CCOc3ccccc3C2C(=O)O)n1. The topological polar surface area (TPSA) is 84.7 Å². The molecule has 1 aliphatic heterocycles. The molecule has 1 unspecified atom stereocenters. The number of amides is 1. The van der Waals surface area contributed by atoms with E-state index in [2.05, 4.69) is 5.10 Å². The summed E-state index contributed by atoms with van der Waals surface area (Å²) in [5.41, 5.74) is 0.685. The number of aromatic nitrogens is 2. The predicted molar refractivity (Wildman–Crippen MR) is 76.6 cm³/mol. The van der Waals surface area contributed by atoms with Crippen LogP contribution in [0.25, 0.3) is 0 Å². The van der Waals surface area contributed by atoms with Crippen LogP contribution in [0.15, 0.2) is 36.5 Å². The minimum absolute atomic E-state index is 0.182. The molecule has 2 aromatic rings. The molecule has 7 nitrogen and oxygen atoms in total. The number of carboxylic acid groups (broad SMARTS) is 1. The normalized spacial score (nSPS) is 17.3. The lowest BCUT2D eigenvalue weighted by atomic mass is 10.0. The lowest BCUT2D eigenvalue weighted by molar-refractivity contribution is -0.142. The van der Waals surface area contributed by atoms with Crippen LogP contribution in [0.1, 0.15) is 22.1 Å². The van der Waals surface area contributed by atoms with Crippen molar-refractivity contribution in [1.29, 1.82) is 0 Å². The number of carboxylic acids is 1. The van der Waals surface area contributed by atoms with Gasteiger partial charge in [0.2, 0.25) is 0 Å². The molecule has 0 fully saturated rings. The van der Waals surface area contributed by atoms with Crippen molar-refractivity contribution < 1.29 is 19.4 Å². The largest absolute Gasteiger partial charge is 0.491 e. The van der Waals surface area contributed by atoms with Crippen LogP contribution < -0.4 is 4.74 Å². The Morgan fingerprint density at radius 3 is 2.77 bits per heavy atom. The molecule has 1 amide bonds. The first-order valence-electron chi connectivity index (χ1n) is 6.83. The molecule has 0 saturated carbocycles. The Bertz CT molecular complexity index is 725. The molecule has 0 aliphatic carbocycles. The molecule has 0 saturated heterocycles. The van der Waals surface area contributed by atoms with Gasteiger partial charge in [-0.15, -0.1) is 0 Å². The van der Waals surface area contributed by atoms with Crippen LogP contribution in [0, 0.1) is 0 Å². The minimum atomic E-state index is -1.10. The molecule has 22 heavy (non-hydrogen) atoms. The summed E-state index contributed by atoms with van der Waals surface area (Å²) in [7, 11) is 1.70. The monoisotopic (exact) mass is 301 g/mol. The van der Waals surface area contributed by atoms with E-state index >= 15 is 0 Å². The van der Waals surface area contributed by atoms with Gasteiger partial charge in [-0.3, -0.25) is 9.48 Å². The van der Waals surface area contributed by atoms with Gasteiger partial charge in [0.05, 0.1) is 6.54 Å². The van der Waals surface area contributed by atoms with Gasteiger partial charge in [-0.1, -0.05) is 18.2 Å². The Morgan fingerprint density at radius 1 is 1.32 bits per heavy atom. The predicted octanol–water partition coefficient (Wildman–Crippen LogP) is 1.08. The number of carbonyl (C=O) groups is 2. The van der Waals surface area contributed by atoms with Gasteiger partial charge in [0, 0.05) is 18.8 Å². The summed E-state index contributed by atoms with van der Waals surface area (Å²) in [5, 5.41) is 13.7. The van der Waals surface area contributed by atoms with E-state index in [0.717, 1.165) is 0 Å². The van der Waals surface area contributed by atoms with E-state index in [1.54, 1.807) is 43.6 Å². The summed E-state index contributed by atoms with van der Waals surface area (Å²) in [6.07, 6.45) is 1.64. The standard InChI is InChI=1S/C15H15N3O4/c1-17-7-6-11(16-17)14(19)18-8-9-22-12-5-3-2-4-10(12)13(18)15(20)21/h2-7,13H,8-9H2,1H3,(H,20,21). The number of fused-ring (bicyclic) bond motifs is 1. The van der Waals surface area contributed by atoms with Crippen LogP contribution in [0.3, 0.4) is 0 Å². The summed E-state index contributed by atoms with van der Waals surface area (Å²) >= 11 is 0. The van der Waals surface area contributed by atoms with E-state index in [1.165, 1.54) is 9.58 Å². The van der Waals surface area contributed by atoms with Gasteiger partial charge in [0.15, 0.2) is 6.04 Å². The van der Waals surface area contributed by atoms with Crippen molar-refractivity contribution in [2.24, 2.45) is 7.05 Å². The Morgan fingerprint density at radius 2 is 2.09 bits per heavy atom. The number of aryl methyl sites for hydroxylation is 1. The number of rotatable bonds is 2. The minimum Gasteiger partial charge on any atom is -0.491 e. The highest BCUT2D eigenvalue weighted by Gasteiger charge is 2.36. The van der Waals surface area contributed by atoms with Gasteiger partial charge in [0.1, 0.15) is 18.1 Å². The first-order valence-corrected chi connectivity index (χ1v) is 6.83. The maximum Gasteiger partial charge on any atom is 0.331 e. The molecule has 1 aliphatic rings. The van der Waals surface area contributed by atoms with E-state index in [9.17, 15) is 14.7 Å². The Hall–Kier alpha value is -2.83. The second-order valence-corrected chi connectivity index (χ2v) is 5.00. The van der Waals surface area contributed by atoms with Crippen LogP contribution in [0.5, 0.6) is 5.75 Å². The van der Waals surface area contributed by atoms with Gasteiger partial charge in [-0.2, -0.15) is 5.10 Å². The summed E-state index contributed by atoms with van der Waals surface area (Å²) in [6.45, 7) is 0.417. The summed E-state index contributed by atoms with van der Waals surface area (Å²) in [4.78, 5) is 25.7. The number of ether oxygens (including phenoxy) is 1. The van der Waals surface area contributed by atoms with Crippen molar-refractivity contribution in [1.82, 2.24) is 14.7 Å². The van der Waals surface area contributed by atoms with Crippen LogP contribution >= 0.6 is 0 Å². The first-order chi connectivity index (χ1) is 10.6. The molecule has 2 heterocycles. The van der Waals surface area contributed by atoms with E-state index < -0.39 is 17.9 Å². The molecule has 0 bridgehead atoms. The molecule has 0 spiro atoms. The quantitative estimate of drug-likeness (QED) is 0.897. The van der Waals surface area contributed by atoms with Crippen LogP contribution in [-0.2, 0) is 11.8 Å². The van der Waals surface area contributed by atoms with Gasteiger partial charge in [0.25, 0.3) is 5.91 Å². The van der Waals surface area contributed by atoms with Gasteiger partial charge in [-0.05, 0) is 12.1 Å². The Kier molecular flexibility index (Phi) is 3.54. The highest BCUT2D eigenvalue weighted by Crippen LogP contribution is 2.32. The smallest absolute Gasteiger partial charge is 0.331 e. The van der Waals surface area contributed by atoms with E-state index in [0.29, 0.717) is 11.3 Å². The van der Waals surface area contributed by atoms with Gasteiger partial charge >= 0.3 is 5.97 Å². The van der Waals surface area contributed by atoms with E-state index in [-0.39, 0.29) is 18.8 Å². The van der Waals surface area contributed by atoms with Crippen molar-refractivity contribution in [2.45, 2.75) is 6.04 Å². The molecule has 0 radical (unpaired) electrons. The van der Waals surface area contributed by atoms with Gasteiger partial charge in [-0.25, -0.2) is 4.79 Å². The fourth-order valence-electron chi connectivity index (χ4n) is 2.55. The molecule has 1 atom stereocenters. The highest BCUT2D eigenvalue weighted by molar-refractivity contribution is 5.95. The molecule has 114 valence electrons. The third kappa shape index (κ3) is 2.41. The second kappa shape index (κ2) is 5.51. The lowest BCUT2D eigenvalue weighted by Crippen LogP contribution is -2.40. The molecule has 1 aromatic heterocycles. The lowest BCUT2D eigenvalue weighted by Gasteiger charge is -2.26. The fraction of sp³-hybridized carbons (Fsp3) is 0.267. The molecule has 1 N–H and O–H groups in total. The number of nitrogens with zero attached hydrogens (tertiary/aromatic N) is 3.